The van der Waals surface area contributed by atoms with Crippen molar-refractivity contribution in [1.82, 2.24) is 19.9 Å². The molecule has 8 heteroatoms. The van der Waals surface area contributed by atoms with Crippen molar-refractivity contribution in [2.45, 2.75) is 18.9 Å². The molecule has 29 heavy (non-hydrogen) atoms. The van der Waals surface area contributed by atoms with Gasteiger partial charge in [0, 0.05) is 18.8 Å². The second-order valence-corrected chi connectivity index (χ2v) is 7.04. The number of pyridine rings is 1. The number of nitrogens with one attached hydrogen (secondary N) is 2. The van der Waals surface area contributed by atoms with Crippen molar-refractivity contribution in [3.8, 4) is 29.8 Å². The van der Waals surface area contributed by atoms with E-state index in [9.17, 15) is 4.79 Å². The summed E-state index contributed by atoms with van der Waals surface area (Å²) in [6.07, 6.45) is 9.55. The van der Waals surface area contributed by atoms with Crippen LogP contribution in [0.4, 0.5) is 10.5 Å². The standard InChI is InChI=1S/C21H18N6O2/c1-2-15-12-23-19(20-4-3-17-7-14(9-22)11-25-27(17)20)8-18(15)26-16-5-13(6-16)10-24-21(28)29/h1,3-4,7-8,11-13,16,24H,5-6,10H2,(H,23,26)(H,28,29). The highest BCUT2D eigenvalue weighted by Crippen LogP contribution is 2.32. The number of amides is 1. The first-order chi connectivity index (χ1) is 14.1. The van der Waals surface area contributed by atoms with Gasteiger partial charge in [-0.1, -0.05) is 5.92 Å². The van der Waals surface area contributed by atoms with E-state index in [-0.39, 0.29) is 6.04 Å². The highest BCUT2D eigenvalue weighted by Gasteiger charge is 2.29. The zero-order chi connectivity index (χ0) is 20.4. The number of hydrogen-bond acceptors (Lipinski definition) is 5. The van der Waals surface area contributed by atoms with Crippen molar-refractivity contribution in [2.75, 3.05) is 11.9 Å². The van der Waals surface area contributed by atoms with Crippen LogP contribution in [0.5, 0.6) is 0 Å². The Morgan fingerprint density at radius 2 is 2.17 bits per heavy atom. The molecule has 1 saturated carbocycles. The predicted molar refractivity (Wildman–Crippen MR) is 107 cm³/mol. The first-order valence-corrected chi connectivity index (χ1v) is 9.15. The Labute approximate surface area is 167 Å². The van der Waals surface area contributed by atoms with Gasteiger partial charge in [0.2, 0.25) is 0 Å². The molecule has 3 aromatic rings. The van der Waals surface area contributed by atoms with Gasteiger partial charge in [-0.3, -0.25) is 4.98 Å². The van der Waals surface area contributed by atoms with E-state index in [4.69, 9.17) is 16.8 Å². The van der Waals surface area contributed by atoms with Crippen molar-refractivity contribution < 1.29 is 9.90 Å². The molecule has 0 radical (unpaired) electrons. The lowest BCUT2D eigenvalue weighted by Crippen LogP contribution is -2.41. The number of carboxylic acid groups (broad SMARTS) is 1. The monoisotopic (exact) mass is 386 g/mol. The molecule has 3 N–H and O–H groups in total. The van der Waals surface area contributed by atoms with E-state index < -0.39 is 6.09 Å². The van der Waals surface area contributed by atoms with E-state index in [0.29, 0.717) is 29.3 Å². The number of fused-ring (bicyclic) bond motifs is 1. The molecule has 3 aromatic heterocycles. The number of hydrogen-bond donors (Lipinski definition) is 3. The third kappa shape index (κ3) is 3.69. The average molecular weight is 386 g/mol. The minimum Gasteiger partial charge on any atom is -0.465 e. The molecule has 0 bridgehead atoms. The number of terminal acetylenes is 1. The van der Waals surface area contributed by atoms with E-state index in [1.54, 1.807) is 16.8 Å². The Morgan fingerprint density at radius 1 is 1.34 bits per heavy atom. The molecule has 1 fully saturated rings. The summed E-state index contributed by atoms with van der Waals surface area (Å²) in [5.74, 6) is 2.98. The zero-order valence-corrected chi connectivity index (χ0v) is 15.5. The van der Waals surface area contributed by atoms with Gasteiger partial charge in [0.15, 0.2) is 0 Å². The molecule has 0 aromatic carbocycles. The van der Waals surface area contributed by atoms with Crippen LogP contribution in [0.1, 0.15) is 24.0 Å². The van der Waals surface area contributed by atoms with Gasteiger partial charge in [-0.25, -0.2) is 9.31 Å². The maximum Gasteiger partial charge on any atom is 0.404 e. The molecule has 0 aliphatic heterocycles. The van der Waals surface area contributed by atoms with Crippen molar-refractivity contribution >= 4 is 17.3 Å². The van der Waals surface area contributed by atoms with Gasteiger partial charge in [0.05, 0.1) is 39.9 Å². The third-order valence-electron chi connectivity index (χ3n) is 5.09. The number of nitrogens with zero attached hydrogens (tertiary/aromatic N) is 4. The molecule has 1 aliphatic rings. The van der Waals surface area contributed by atoms with Crippen molar-refractivity contribution in [3.63, 3.8) is 0 Å². The topological polar surface area (TPSA) is 115 Å². The van der Waals surface area contributed by atoms with E-state index >= 15 is 0 Å². The highest BCUT2D eigenvalue weighted by atomic mass is 16.4. The first kappa shape index (κ1) is 18.3. The third-order valence-corrected chi connectivity index (χ3v) is 5.09. The van der Waals surface area contributed by atoms with Gasteiger partial charge in [0.25, 0.3) is 0 Å². The van der Waals surface area contributed by atoms with Gasteiger partial charge >= 0.3 is 6.09 Å². The summed E-state index contributed by atoms with van der Waals surface area (Å²) in [5.41, 5.74) is 4.30. The molecular formula is C21H18N6O2. The predicted octanol–water partition coefficient (Wildman–Crippen LogP) is 2.71. The maximum atomic E-state index is 10.6. The maximum absolute atomic E-state index is 10.6. The highest BCUT2D eigenvalue weighted by molar-refractivity contribution is 5.70. The summed E-state index contributed by atoms with van der Waals surface area (Å²) in [6, 6.07) is 9.78. The summed E-state index contributed by atoms with van der Waals surface area (Å²) in [4.78, 5) is 15.1. The Bertz CT molecular complexity index is 1160. The van der Waals surface area contributed by atoms with Gasteiger partial charge in [-0.2, -0.15) is 10.4 Å². The molecule has 3 heterocycles. The van der Waals surface area contributed by atoms with Crippen molar-refractivity contribution in [1.29, 1.82) is 5.26 Å². The molecule has 0 unspecified atom stereocenters. The van der Waals surface area contributed by atoms with Gasteiger partial charge in [-0.15, -0.1) is 6.42 Å². The van der Waals surface area contributed by atoms with Crippen LogP contribution in [0.25, 0.3) is 16.9 Å². The van der Waals surface area contributed by atoms with Gasteiger partial charge in [-0.05, 0) is 43.0 Å². The van der Waals surface area contributed by atoms with E-state index in [0.717, 1.165) is 29.7 Å². The lowest BCUT2D eigenvalue weighted by molar-refractivity contribution is 0.186. The van der Waals surface area contributed by atoms with Crippen molar-refractivity contribution in [2.24, 2.45) is 5.92 Å². The van der Waals surface area contributed by atoms with Gasteiger partial charge in [0.1, 0.15) is 6.07 Å². The molecule has 8 nitrogen and oxygen atoms in total. The quantitative estimate of drug-likeness (QED) is 0.581. The van der Waals surface area contributed by atoms with Crippen LogP contribution < -0.4 is 10.6 Å². The summed E-state index contributed by atoms with van der Waals surface area (Å²) in [7, 11) is 0. The number of aromatic nitrogens is 3. The van der Waals surface area contributed by atoms with Crippen LogP contribution in [-0.4, -0.2) is 38.4 Å². The molecule has 4 rings (SSSR count). The SMILES string of the molecule is C#Cc1cnc(-c2ccc3cc(C#N)cnn23)cc1NC1CC(CNC(=O)O)C1. The second-order valence-electron chi connectivity index (χ2n) is 7.04. The Morgan fingerprint density at radius 3 is 2.90 bits per heavy atom. The number of rotatable bonds is 5. The molecule has 144 valence electrons. The molecule has 0 saturated heterocycles. The fourth-order valence-electron chi connectivity index (χ4n) is 3.56. The van der Waals surface area contributed by atoms with Crippen LogP contribution in [0.3, 0.4) is 0 Å². The Balaban J connectivity index is 1.55. The minimum absolute atomic E-state index is 0.235. The average Bonchev–Trinajstić information content (AvgIpc) is 3.12. The van der Waals surface area contributed by atoms with Crippen LogP contribution in [0.15, 0.2) is 36.7 Å². The summed E-state index contributed by atoms with van der Waals surface area (Å²) in [6.45, 7) is 0.462. The van der Waals surface area contributed by atoms with Crippen molar-refractivity contribution in [3.05, 3.63) is 47.8 Å². The minimum atomic E-state index is -0.996. The number of carbonyl (C=O) groups is 1. The smallest absolute Gasteiger partial charge is 0.404 e. The van der Waals surface area contributed by atoms with Crippen LogP contribution >= 0.6 is 0 Å². The summed E-state index contributed by atoms with van der Waals surface area (Å²) < 4.78 is 1.74. The summed E-state index contributed by atoms with van der Waals surface area (Å²) in [5, 5.41) is 27.9. The lowest BCUT2D eigenvalue weighted by atomic mass is 9.80. The lowest BCUT2D eigenvalue weighted by Gasteiger charge is -2.36. The van der Waals surface area contributed by atoms with E-state index in [1.807, 2.05) is 18.2 Å². The molecule has 1 aliphatic carbocycles. The van der Waals surface area contributed by atoms with E-state index in [1.165, 1.54) is 6.20 Å². The Hall–Kier alpha value is -4.04. The van der Waals surface area contributed by atoms with Crippen LogP contribution in [0, 0.1) is 29.6 Å². The molecule has 1 amide bonds. The molecule has 0 atom stereocenters. The first-order valence-electron chi connectivity index (χ1n) is 9.15. The number of nitriles is 1. The second kappa shape index (κ2) is 7.53. The zero-order valence-electron chi connectivity index (χ0n) is 15.5. The van der Waals surface area contributed by atoms with Gasteiger partial charge < -0.3 is 15.7 Å². The molecular weight excluding hydrogens is 368 g/mol. The Kier molecular flexibility index (Phi) is 4.76. The fraction of sp³-hybridized carbons (Fsp3) is 0.238. The normalized spacial score (nSPS) is 17.7. The largest absolute Gasteiger partial charge is 0.465 e. The fourth-order valence-corrected chi connectivity index (χ4v) is 3.56. The van der Waals surface area contributed by atoms with Crippen LogP contribution in [0.2, 0.25) is 0 Å². The molecule has 0 spiro atoms. The van der Waals surface area contributed by atoms with E-state index in [2.05, 4.69) is 32.7 Å². The summed E-state index contributed by atoms with van der Waals surface area (Å²) >= 11 is 0. The van der Waals surface area contributed by atoms with Crippen LogP contribution in [-0.2, 0) is 0 Å². The number of anilines is 1.